The first-order valence-corrected chi connectivity index (χ1v) is 11.6. The van der Waals surface area contributed by atoms with Crippen molar-refractivity contribution >= 4 is 11.8 Å². The standard InChI is InChI=1S/C25H30F2N4O2/c1-17-3-2-10-31(16-17)21-8-11-30(12-9-21)25(33)19-6-4-18(5-7-19)24(32)29-15-23-22(27)13-20(26)14-28-23/h4-7,13-14,17,21H,2-3,8-12,15-16H2,1H3,(H,29,32)/t17-/m1/s1. The van der Waals surface area contributed by atoms with Crippen molar-refractivity contribution in [2.75, 3.05) is 26.2 Å². The van der Waals surface area contributed by atoms with Gasteiger partial charge in [-0.3, -0.25) is 19.5 Å². The smallest absolute Gasteiger partial charge is 0.253 e. The van der Waals surface area contributed by atoms with Gasteiger partial charge < -0.3 is 10.2 Å². The zero-order valence-corrected chi connectivity index (χ0v) is 18.9. The second-order valence-corrected chi connectivity index (χ2v) is 9.11. The first kappa shape index (κ1) is 23.3. The highest BCUT2D eigenvalue weighted by Gasteiger charge is 2.29. The number of amides is 2. The summed E-state index contributed by atoms with van der Waals surface area (Å²) in [7, 11) is 0. The number of piperidine rings is 2. The SMILES string of the molecule is C[C@@H]1CCCN(C2CCN(C(=O)c3ccc(C(=O)NCc4ncc(F)cc4F)cc3)CC2)C1. The van der Waals surface area contributed by atoms with Crippen LogP contribution in [0.4, 0.5) is 8.78 Å². The number of nitrogens with one attached hydrogen (secondary N) is 1. The minimum Gasteiger partial charge on any atom is -0.346 e. The highest BCUT2D eigenvalue weighted by atomic mass is 19.1. The molecule has 0 spiro atoms. The normalized spacial score (nSPS) is 20.0. The van der Waals surface area contributed by atoms with E-state index in [0.717, 1.165) is 57.2 Å². The van der Waals surface area contributed by atoms with Crippen LogP contribution in [0.3, 0.4) is 0 Å². The summed E-state index contributed by atoms with van der Waals surface area (Å²) in [6.07, 6.45) is 5.46. The topological polar surface area (TPSA) is 65.5 Å². The molecule has 33 heavy (non-hydrogen) atoms. The molecule has 2 aliphatic rings. The average molecular weight is 457 g/mol. The molecule has 1 atom stereocenters. The summed E-state index contributed by atoms with van der Waals surface area (Å²) in [4.78, 5) is 33.4. The number of aromatic nitrogens is 1. The van der Waals surface area contributed by atoms with Crippen molar-refractivity contribution in [3.8, 4) is 0 Å². The summed E-state index contributed by atoms with van der Waals surface area (Å²) in [6.45, 7) is 5.96. The Morgan fingerprint density at radius 3 is 2.42 bits per heavy atom. The number of carbonyl (C=O) groups excluding carboxylic acids is 2. The summed E-state index contributed by atoms with van der Waals surface area (Å²) in [5.41, 5.74) is 0.855. The van der Waals surface area contributed by atoms with Crippen LogP contribution in [-0.4, -0.2) is 58.8 Å². The zero-order chi connectivity index (χ0) is 23.4. The molecule has 0 bridgehead atoms. The molecule has 2 fully saturated rings. The first-order chi connectivity index (χ1) is 15.9. The first-order valence-electron chi connectivity index (χ1n) is 11.6. The third kappa shape index (κ3) is 5.74. The molecule has 2 amide bonds. The number of benzene rings is 1. The molecule has 3 heterocycles. The van der Waals surface area contributed by atoms with Crippen molar-refractivity contribution in [2.24, 2.45) is 5.92 Å². The van der Waals surface area contributed by atoms with Crippen LogP contribution >= 0.6 is 0 Å². The lowest BCUT2D eigenvalue weighted by atomic mass is 9.95. The number of hydrogen-bond donors (Lipinski definition) is 1. The van der Waals surface area contributed by atoms with Crippen molar-refractivity contribution in [1.29, 1.82) is 0 Å². The highest BCUT2D eigenvalue weighted by molar-refractivity contribution is 5.97. The van der Waals surface area contributed by atoms with Gasteiger partial charge in [-0.15, -0.1) is 0 Å². The average Bonchev–Trinajstić information content (AvgIpc) is 2.83. The van der Waals surface area contributed by atoms with Gasteiger partial charge in [0.2, 0.25) is 0 Å². The quantitative estimate of drug-likeness (QED) is 0.746. The predicted octanol–water partition coefficient (Wildman–Crippen LogP) is 3.63. The fraction of sp³-hybridized carbons (Fsp3) is 0.480. The predicted molar refractivity (Wildman–Crippen MR) is 121 cm³/mol. The minimum atomic E-state index is -0.810. The Labute approximate surface area is 193 Å². The second-order valence-electron chi connectivity index (χ2n) is 9.11. The van der Waals surface area contributed by atoms with Gasteiger partial charge in [0.05, 0.1) is 18.4 Å². The van der Waals surface area contributed by atoms with E-state index in [2.05, 4.69) is 22.1 Å². The molecule has 2 saturated heterocycles. The lowest BCUT2D eigenvalue weighted by molar-refractivity contribution is 0.0541. The molecule has 0 saturated carbocycles. The molecular formula is C25H30F2N4O2. The molecule has 0 radical (unpaired) electrons. The summed E-state index contributed by atoms with van der Waals surface area (Å²) in [5.74, 6) is -1.27. The Morgan fingerprint density at radius 1 is 1.06 bits per heavy atom. The maximum absolute atomic E-state index is 13.7. The van der Waals surface area contributed by atoms with Crippen LogP contribution in [0.2, 0.25) is 0 Å². The van der Waals surface area contributed by atoms with Crippen LogP contribution in [0.25, 0.3) is 0 Å². The Balaban J connectivity index is 1.28. The third-order valence-corrected chi connectivity index (χ3v) is 6.65. The number of likely N-dealkylation sites (tertiary alicyclic amines) is 2. The molecule has 2 aromatic rings. The van der Waals surface area contributed by atoms with E-state index in [1.165, 1.54) is 12.8 Å². The van der Waals surface area contributed by atoms with E-state index >= 15 is 0 Å². The molecule has 0 aliphatic carbocycles. The van der Waals surface area contributed by atoms with Crippen LogP contribution < -0.4 is 5.32 Å². The Hall–Kier alpha value is -2.87. The van der Waals surface area contributed by atoms with Gasteiger partial charge in [0.15, 0.2) is 0 Å². The number of rotatable bonds is 5. The summed E-state index contributed by atoms with van der Waals surface area (Å²) < 4.78 is 26.6. The van der Waals surface area contributed by atoms with Gasteiger partial charge in [-0.05, 0) is 62.4 Å². The van der Waals surface area contributed by atoms with Crippen molar-refractivity contribution < 1.29 is 18.4 Å². The second kappa shape index (κ2) is 10.4. The molecule has 8 heteroatoms. The number of pyridine rings is 1. The van der Waals surface area contributed by atoms with E-state index in [1.807, 2.05) is 4.90 Å². The van der Waals surface area contributed by atoms with E-state index in [4.69, 9.17) is 0 Å². The van der Waals surface area contributed by atoms with Gasteiger partial charge in [0.25, 0.3) is 11.8 Å². The molecule has 6 nitrogen and oxygen atoms in total. The van der Waals surface area contributed by atoms with E-state index < -0.39 is 17.5 Å². The van der Waals surface area contributed by atoms with Crippen LogP contribution in [0, 0.1) is 17.6 Å². The molecule has 176 valence electrons. The number of hydrogen-bond acceptors (Lipinski definition) is 4. The monoisotopic (exact) mass is 456 g/mol. The van der Waals surface area contributed by atoms with Crippen LogP contribution in [0.5, 0.6) is 0 Å². The molecule has 4 rings (SSSR count). The van der Waals surface area contributed by atoms with E-state index in [1.54, 1.807) is 24.3 Å². The van der Waals surface area contributed by atoms with Gasteiger partial charge in [-0.1, -0.05) is 6.92 Å². The van der Waals surface area contributed by atoms with Gasteiger partial charge in [-0.2, -0.15) is 0 Å². The Bertz CT molecular complexity index is 990. The molecule has 1 N–H and O–H groups in total. The fourth-order valence-electron chi connectivity index (χ4n) is 4.78. The lowest BCUT2D eigenvalue weighted by Crippen LogP contribution is -2.49. The summed E-state index contributed by atoms with van der Waals surface area (Å²) in [6, 6.07) is 7.74. The maximum Gasteiger partial charge on any atom is 0.253 e. The Kier molecular flexibility index (Phi) is 7.33. The zero-order valence-electron chi connectivity index (χ0n) is 18.9. The molecule has 0 unspecified atom stereocenters. The fourth-order valence-corrected chi connectivity index (χ4v) is 4.78. The van der Waals surface area contributed by atoms with Crippen molar-refractivity contribution in [2.45, 2.75) is 45.2 Å². The number of nitrogens with zero attached hydrogens (tertiary/aromatic N) is 3. The summed E-state index contributed by atoms with van der Waals surface area (Å²) in [5, 5.41) is 2.56. The van der Waals surface area contributed by atoms with Crippen molar-refractivity contribution in [1.82, 2.24) is 20.1 Å². The summed E-state index contributed by atoms with van der Waals surface area (Å²) >= 11 is 0. The van der Waals surface area contributed by atoms with Gasteiger partial charge >= 0.3 is 0 Å². The maximum atomic E-state index is 13.7. The van der Waals surface area contributed by atoms with Gasteiger partial charge in [0.1, 0.15) is 11.6 Å². The minimum absolute atomic E-state index is 0.0231. The van der Waals surface area contributed by atoms with Gasteiger partial charge in [0, 0.05) is 42.9 Å². The van der Waals surface area contributed by atoms with Crippen molar-refractivity contribution in [3.63, 3.8) is 0 Å². The molecule has 1 aromatic heterocycles. The Morgan fingerprint density at radius 2 is 1.76 bits per heavy atom. The van der Waals surface area contributed by atoms with Crippen LogP contribution in [-0.2, 0) is 6.54 Å². The number of carbonyl (C=O) groups is 2. The van der Waals surface area contributed by atoms with Crippen LogP contribution in [0.15, 0.2) is 36.5 Å². The van der Waals surface area contributed by atoms with Crippen LogP contribution in [0.1, 0.15) is 59.0 Å². The lowest BCUT2D eigenvalue weighted by Gasteiger charge is -2.41. The number of halogens is 2. The van der Waals surface area contributed by atoms with Gasteiger partial charge in [-0.25, -0.2) is 8.78 Å². The largest absolute Gasteiger partial charge is 0.346 e. The highest BCUT2D eigenvalue weighted by Crippen LogP contribution is 2.24. The molecule has 2 aliphatic heterocycles. The molecular weight excluding hydrogens is 426 g/mol. The third-order valence-electron chi connectivity index (χ3n) is 6.65. The van der Waals surface area contributed by atoms with Crippen molar-refractivity contribution in [3.05, 3.63) is 65.0 Å². The van der Waals surface area contributed by atoms with E-state index in [-0.39, 0.29) is 18.1 Å². The van der Waals surface area contributed by atoms with E-state index in [0.29, 0.717) is 17.2 Å². The molecule has 1 aromatic carbocycles. The van der Waals surface area contributed by atoms with E-state index in [9.17, 15) is 18.4 Å².